The van der Waals surface area contributed by atoms with Crippen LogP contribution in [0.15, 0.2) is 0 Å². The summed E-state index contributed by atoms with van der Waals surface area (Å²) >= 11 is 0. The zero-order chi connectivity index (χ0) is 27.4. The highest BCUT2D eigenvalue weighted by atomic mass is 16.5. The monoisotopic (exact) mass is 527 g/mol. The summed E-state index contributed by atoms with van der Waals surface area (Å²) < 4.78 is 5.38. The van der Waals surface area contributed by atoms with Gasteiger partial charge in [0.2, 0.25) is 0 Å². The molecule has 2 N–H and O–H groups in total. The van der Waals surface area contributed by atoms with E-state index >= 15 is 0 Å². The predicted octanol–water partition coefficient (Wildman–Crippen LogP) is 10.5. The molecule has 4 atom stereocenters. The van der Waals surface area contributed by atoms with Crippen molar-refractivity contribution < 1.29 is 14.9 Å². The fourth-order valence-electron chi connectivity index (χ4n) is 5.50. The zero-order valence-electron chi connectivity index (χ0n) is 26.0. The average molecular weight is 527 g/mol. The molecule has 224 valence electrons. The standard InChI is InChI=1S/C34H70O3/c1-5-6-7-8-9-10-11-12-13-14-15-16-17-18-19-20-21-22-23-24-28-33(35)30-34(36)29-26-25-27-31(2)32(3)37-4/h31-36H,5-30H2,1-4H3. The SMILES string of the molecule is CCCCCCCCCCCCCCCCCCCCCCC(O)CC(O)CCCCC(C)C(C)OC. The highest BCUT2D eigenvalue weighted by Crippen LogP contribution is 2.19. The molecular formula is C34H70O3. The number of unbranched alkanes of at least 4 members (excludes halogenated alkanes) is 20. The maximum Gasteiger partial charge on any atom is 0.0568 e. The van der Waals surface area contributed by atoms with Gasteiger partial charge in [-0.1, -0.05) is 155 Å². The van der Waals surface area contributed by atoms with Crippen LogP contribution in [0.4, 0.5) is 0 Å². The molecule has 4 unspecified atom stereocenters. The van der Waals surface area contributed by atoms with Crippen molar-refractivity contribution >= 4 is 0 Å². The molecule has 0 heterocycles. The van der Waals surface area contributed by atoms with E-state index in [2.05, 4.69) is 20.8 Å². The van der Waals surface area contributed by atoms with Crippen LogP contribution in [0.3, 0.4) is 0 Å². The third-order valence-electron chi connectivity index (χ3n) is 8.55. The summed E-state index contributed by atoms with van der Waals surface area (Å²) in [7, 11) is 1.77. The molecular weight excluding hydrogens is 456 g/mol. The van der Waals surface area contributed by atoms with Gasteiger partial charge in [0.15, 0.2) is 0 Å². The lowest BCUT2D eigenvalue weighted by Gasteiger charge is -2.19. The number of aliphatic hydroxyl groups excluding tert-OH is 2. The zero-order valence-corrected chi connectivity index (χ0v) is 26.0. The minimum atomic E-state index is -0.352. The van der Waals surface area contributed by atoms with Gasteiger partial charge >= 0.3 is 0 Å². The van der Waals surface area contributed by atoms with Gasteiger partial charge in [-0.25, -0.2) is 0 Å². The molecule has 37 heavy (non-hydrogen) atoms. The summed E-state index contributed by atoms with van der Waals surface area (Å²) in [5, 5.41) is 20.5. The van der Waals surface area contributed by atoms with Gasteiger partial charge in [-0.3, -0.25) is 0 Å². The molecule has 0 saturated heterocycles. The van der Waals surface area contributed by atoms with Crippen LogP contribution in [0.1, 0.15) is 188 Å². The predicted molar refractivity (Wildman–Crippen MR) is 163 cm³/mol. The minimum absolute atomic E-state index is 0.302. The van der Waals surface area contributed by atoms with Crippen LogP contribution in [0.2, 0.25) is 0 Å². The topological polar surface area (TPSA) is 49.7 Å². The van der Waals surface area contributed by atoms with E-state index in [0.29, 0.717) is 18.4 Å². The number of hydrogen-bond acceptors (Lipinski definition) is 3. The molecule has 0 aromatic rings. The Kier molecular flexibility index (Phi) is 28.8. The Labute approximate surface area is 233 Å². The van der Waals surface area contributed by atoms with Crippen molar-refractivity contribution in [1.29, 1.82) is 0 Å². The van der Waals surface area contributed by atoms with Crippen molar-refractivity contribution in [1.82, 2.24) is 0 Å². The Morgan fingerprint density at radius 3 is 1.11 bits per heavy atom. The van der Waals surface area contributed by atoms with Crippen molar-refractivity contribution in [2.75, 3.05) is 7.11 Å². The maximum absolute atomic E-state index is 10.2. The summed E-state index contributed by atoms with van der Waals surface area (Å²) in [5.41, 5.74) is 0. The van der Waals surface area contributed by atoms with E-state index in [-0.39, 0.29) is 12.2 Å². The van der Waals surface area contributed by atoms with Crippen LogP contribution in [-0.2, 0) is 4.74 Å². The second-order valence-electron chi connectivity index (χ2n) is 12.3. The average Bonchev–Trinajstić information content (AvgIpc) is 2.89. The molecule has 0 fully saturated rings. The number of methoxy groups -OCH3 is 1. The van der Waals surface area contributed by atoms with Crippen LogP contribution in [-0.4, -0.2) is 35.6 Å². The third kappa shape index (κ3) is 27.2. The van der Waals surface area contributed by atoms with Crippen molar-refractivity contribution in [3.8, 4) is 0 Å². The lowest BCUT2D eigenvalue weighted by atomic mass is 9.96. The summed E-state index contributed by atoms with van der Waals surface area (Å²) in [5.74, 6) is 0.562. The van der Waals surface area contributed by atoms with Crippen LogP contribution in [0.5, 0.6) is 0 Å². The molecule has 0 rings (SSSR count). The molecule has 0 amide bonds. The van der Waals surface area contributed by atoms with Crippen molar-refractivity contribution in [2.24, 2.45) is 5.92 Å². The Morgan fingerprint density at radius 2 is 0.757 bits per heavy atom. The van der Waals surface area contributed by atoms with Gasteiger partial charge in [-0.2, -0.15) is 0 Å². The van der Waals surface area contributed by atoms with Gasteiger partial charge in [0.1, 0.15) is 0 Å². The smallest absolute Gasteiger partial charge is 0.0568 e. The highest BCUT2D eigenvalue weighted by Gasteiger charge is 2.13. The normalized spacial score (nSPS) is 15.1. The van der Waals surface area contributed by atoms with E-state index < -0.39 is 0 Å². The number of aliphatic hydroxyl groups is 2. The van der Waals surface area contributed by atoms with Gasteiger partial charge in [-0.15, -0.1) is 0 Å². The van der Waals surface area contributed by atoms with Crippen molar-refractivity contribution in [3.63, 3.8) is 0 Å². The number of ether oxygens (including phenoxy) is 1. The largest absolute Gasteiger partial charge is 0.393 e. The van der Waals surface area contributed by atoms with Gasteiger partial charge in [0, 0.05) is 7.11 Å². The van der Waals surface area contributed by atoms with E-state index in [1.165, 1.54) is 122 Å². The first-order valence-electron chi connectivity index (χ1n) is 16.9. The molecule has 0 spiro atoms. The lowest BCUT2D eigenvalue weighted by Crippen LogP contribution is -2.18. The second-order valence-corrected chi connectivity index (χ2v) is 12.3. The fraction of sp³-hybridized carbons (Fsp3) is 1.00. The summed E-state index contributed by atoms with van der Waals surface area (Å²) in [6.45, 7) is 6.65. The molecule has 0 aliphatic rings. The van der Waals surface area contributed by atoms with Crippen LogP contribution < -0.4 is 0 Å². The number of rotatable bonds is 30. The molecule has 3 heteroatoms. The highest BCUT2D eigenvalue weighted by molar-refractivity contribution is 4.66. The van der Waals surface area contributed by atoms with E-state index in [1.807, 2.05) is 0 Å². The Morgan fingerprint density at radius 1 is 0.459 bits per heavy atom. The van der Waals surface area contributed by atoms with Crippen molar-refractivity contribution in [3.05, 3.63) is 0 Å². The van der Waals surface area contributed by atoms with Gasteiger partial charge in [-0.05, 0) is 38.5 Å². The van der Waals surface area contributed by atoms with Crippen LogP contribution >= 0.6 is 0 Å². The van der Waals surface area contributed by atoms with Gasteiger partial charge in [0.25, 0.3) is 0 Å². The molecule has 0 radical (unpaired) electrons. The quantitative estimate of drug-likeness (QED) is 0.0915. The molecule has 0 aliphatic heterocycles. The molecule has 0 aliphatic carbocycles. The molecule has 0 aromatic carbocycles. The first kappa shape index (κ1) is 36.9. The first-order chi connectivity index (χ1) is 18.0. The molecule has 3 nitrogen and oxygen atoms in total. The van der Waals surface area contributed by atoms with E-state index in [0.717, 1.165) is 38.5 Å². The van der Waals surface area contributed by atoms with Crippen LogP contribution in [0, 0.1) is 5.92 Å². The molecule has 0 bridgehead atoms. The third-order valence-corrected chi connectivity index (χ3v) is 8.55. The lowest BCUT2D eigenvalue weighted by molar-refractivity contribution is 0.0623. The summed E-state index contributed by atoms with van der Waals surface area (Å²) in [6.07, 6.45) is 33.0. The Hall–Kier alpha value is -0.120. The summed E-state index contributed by atoms with van der Waals surface area (Å²) in [4.78, 5) is 0. The Bertz CT molecular complexity index is 427. The minimum Gasteiger partial charge on any atom is -0.393 e. The van der Waals surface area contributed by atoms with E-state index in [9.17, 15) is 10.2 Å². The van der Waals surface area contributed by atoms with Gasteiger partial charge in [0.05, 0.1) is 18.3 Å². The van der Waals surface area contributed by atoms with E-state index in [1.54, 1.807) is 7.11 Å². The van der Waals surface area contributed by atoms with Crippen LogP contribution in [0.25, 0.3) is 0 Å². The second kappa shape index (κ2) is 28.9. The van der Waals surface area contributed by atoms with E-state index in [4.69, 9.17) is 4.74 Å². The Balaban J connectivity index is 3.29. The summed E-state index contributed by atoms with van der Waals surface area (Å²) in [6, 6.07) is 0. The maximum atomic E-state index is 10.2. The first-order valence-corrected chi connectivity index (χ1v) is 16.9. The molecule has 0 saturated carbocycles. The van der Waals surface area contributed by atoms with Crippen molar-refractivity contribution in [2.45, 2.75) is 206 Å². The fourth-order valence-corrected chi connectivity index (χ4v) is 5.50. The van der Waals surface area contributed by atoms with Gasteiger partial charge < -0.3 is 14.9 Å². The molecule has 0 aromatic heterocycles. The number of hydrogen-bond donors (Lipinski definition) is 2.